The first kappa shape index (κ1) is 10.0. The van der Waals surface area contributed by atoms with Gasteiger partial charge in [-0.25, -0.2) is 0 Å². The Morgan fingerprint density at radius 1 is 1.18 bits per heavy atom. The van der Waals surface area contributed by atoms with E-state index in [1.165, 1.54) is 0 Å². The Hall–Kier alpha value is -2.16. The molecule has 1 N–H and O–H groups in total. The first-order chi connectivity index (χ1) is 8.31. The Morgan fingerprint density at radius 3 is 2.82 bits per heavy atom. The van der Waals surface area contributed by atoms with Crippen molar-refractivity contribution in [3.05, 3.63) is 54.0 Å². The molecule has 17 heavy (non-hydrogen) atoms. The van der Waals surface area contributed by atoms with Crippen LogP contribution in [0.4, 0.5) is 0 Å². The Balaban J connectivity index is 2.32. The van der Waals surface area contributed by atoms with Gasteiger partial charge in [0, 0.05) is 12.6 Å². The van der Waals surface area contributed by atoms with Crippen molar-refractivity contribution in [2.24, 2.45) is 0 Å². The lowest BCUT2D eigenvalue weighted by Crippen LogP contribution is -1.97. The lowest BCUT2D eigenvalue weighted by molar-refractivity contribution is 0.384. The number of para-hydroxylation sites is 2. The third-order valence-electron chi connectivity index (χ3n) is 2.93. The molecule has 0 aliphatic carbocycles. The molecule has 0 atom stereocenters. The van der Waals surface area contributed by atoms with Crippen molar-refractivity contribution in [3.63, 3.8) is 0 Å². The minimum atomic E-state index is 0.216. The van der Waals surface area contributed by atoms with Gasteiger partial charge in [0.1, 0.15) is 5.76 Å². The molecule has 0 amide bonds. The number of hydrogen-bond donors (Lipinski definition) is 1. The summed E-state index contributed by atoms with van der Waals surface area (Å²) in [5, 5.41) is 10.2. The highest BCUT2D eigenvalue weighted by atomic mass is 16.5. The summed E-state index contributed by atoms with van der Waals surface area (Å²) in [7, 11) is 0. The monoisotopic (exact) mass is 227 g/mol. The fourth-order valence-electron chi connectivity index (χ4n) is 2.09. The Labute approximate surface area is 99.6 Å². The van der Waals surface area contributed by atoms with E-state index < -0.39 is 0 Å². The molecule has 2 aromatic rings. The standard InChI is InChI=1S/C14H13NO2/c1-2-12-14(16)11-7-5-9-15(11)10-6-3-4-8-13(10)17-12/h3-9,16H,2H2,1H3. The maximum atomic E-state index is 10.2. The summed E-state index contributed by atoms with van der Waals surface area (Å²) < 4.78 is 7.71. The van der Waals surface area contributed by atoms with E-state index in [4.69, 9.17) is 4.74 Å². The number of benzene rings is 1. The topological polar surface area (TPSA) is 34.4 Å². The van der Waals surface area contributed by atoms with E-state index >= 15 is 0 Å². The fraction of sp³-hybridized carbons (Fsp3) is 0.143. The van der Waals surface area contributed by atoms with Gasteiger partial charge in [-0.3, -0.25) is 0 Å². The van der Waals surface area contributed by atoms with E-state index in [-0.39, 0.29) is 5.76 Å². The molecule has 1 aliphatic rings. The first-order valence-electron chi connectivity index (χ1n) is 5.68. The zero-order chi connectivity index (χ0) is 11.8. The first-order valence-corrected chi connectivity index (χ1v) is 5.68. The number of rotatable bonds is 1. The highest BCUT2D eigenvalue weighted by Crippen LogP contribution is 2.33. The molecule has 0 spiro atoms. The molecular formula is C14H13NO2. The Bertz CT molecular complexity index is 596. The molecule has 0 unspecified atom stereocenters. The number of ether oxygens (including phenoxy) is 1. The van der Waals surface area contributed by atoms with Crippen LogP contribution in [0.2, 0.25) is 0 Å². The quantitative estimate of drug-likeness (QED) is 0.809. The van der Waals surface area contributed by atoms with Gasteiger partial charge in [0.05, 0.1) is 11.4 Å². The number of allylic oxidation sites excluding steroid dienone is 1. The highest BCUT2D eigenvalue weighted by Gasteiger charge is 2.20. The largest absolute Gasteiger partial charge is 0.503 e. The third kappa shape index (κ3) is 1.43. The third-order valence-corrected chi connectivity index (χ3v) is 2.93. The van der Waals surface area contributed by atoms with Gasteiger partial charge in [-0.15, -0.1) is 0 Å². The summed E-state index contributed by atoms with van der Waals surface area (Å²) in [4.78, 5) is 0. The van der Waals surface area contributed by atoms with Crippen LogP contribution in [0.15, 0.2) is 48.4 Å². The van der Waals surface area contributed by atoms with Gasteiger partial charge in [-0.05, 0) is 24.3 Å². The fourth-order valence-corrected chi connectivity index (χ4v) is 2.09. The summed E-state index contributed by atoms with van der Waals surface area (Å²) >= 11 is 0. The van der Waals surface area contributed by atoms with E-state index in [0.29, 0.717) is 12.2 Å². The molecule has 1 aliphatic heterocycles. The Morgan fingerprint density at radius 2 is 2.00 bits per heavy atom. The molecule has 0 bridgehead atoms. The van der Waals surface area contributed by atoms with Gasteiger partial charge in [0.2, 0.25) is 0 Å². The number of fused-ring (bicyclic) bond motifs is 3. The second-order valence-corrected chi connectivity index (χ2v) is 3.96. The summed E-state index contributed by atoms with van der Waals surface area (Å²) in [6, 6.07) is 11.6. The predicted octanol–water partition coefficient (Wildman–Crippen LogP) is 3.51. The maximum absolute atomic E-state index is 10.2. The molecule has 1 aromatic carbocycles. The van der Waals surface area contributed by atoms with Crippen molar-refractivity contribution in [2.75, 3.05) is 0 Å². The molecule has 3 nitrogen and oxygen atoms in total. The van der Waals surface area contributed by atoms with Gasteiger partial charge in [0.15, 0.2) is 11.5 Å². The summed E-state index contributed by atoms with van der Waals surface area (Å²) in [6.07, 6.45) is 2.58. The average molecular weight is 227 g/mol. The maximum Gasteiger partial charge on any atom is 0.178 e. The van der Waals surface area contributed by atoms with Crippen molar-refractivity contribution in [1.29, 1.82) is 0 Å². The van der Waals surface area contributed by atoms with Crippen LogP contribution in [-0.2, 0) is 0 Å². The Kier molecular flexibility index (Phi) is 2.18. The van der Waals surface area contributed by atoms with Gasteiger partial charge < -0.3 is 14.4 Å². The zero-order valence-corrected chi connectivity index (χ0v) is 9.55. The van der Waals surface area contributed by atoms with Crippen molar-refractivity contribution in [1.82, 2.24) is 4.57 Å². The van der Waals surface area contributed by atoms with E-state index in [9.17, 15) is 5.11 Å². The minimum Gasteiger partial charge on any atom is -0.503 e. The van der Waals surface area contributed by atoms with Crippen molar-refractivity contribution >= 4 is 5.76 Å². The molecule has 0 fully saturated rings. The summed E-state index contributed by atoms with van der Waals surface area (Å²) in [5.41, 5.74) is 1.72. The van der Waals surface area contributed by atoms with Crippen LogP contribution in [0.3, 0.4) is 0 Å². The van der Waals surface area contributed by atoms with Gasteiger partial charge in [0.25, 0.3) is 0 Å². The number of nitrogens with zero attached hydrogens (tertiary/aromatic N) is 1. The smallest absolute Gasteiger partial charge is 0.178 e. The lowest BCUT2D eigenvalue weighted by Gasteiger charge is -2.09. The normalized spacial score (nSPS) is 13.7. The van der Waals surface area contributed by atoms with Crippen molar-refractivity contribution in [2.45, 2.75) is 13.3 Å². The SMILES string of the molecule is CCC1=C(O)c2cccn2-c2ccccc2O1. The van der Waals surface area contributed by atoms with Crippen molar-refractivity contribution in [3.8, 4) is 11.4 Å². The number of aliphatic hydroxyl groups is 1. The van der Waals surface area contributed by atoms with E-state index in [1.54, 1.807) is 0 Å². The van der Waals surface area contributed by atoms with Gasteiger partial charge >= 0.3 is 0 Å². The molecule has 0 saturated heterocycles. The van der Waals surface area contributed by atoms with Crippen LogP contribution in [0, 0.1) is 0 Å². The van der Waals surface area contributed by atoms with Crippen LogP contribution in [0.25, 0.3) is 11.4 Å². The summed E-state index contributed by atoms with van der Waals surface area (Å²) in [5.74, 6) is 1.59. The van der Waals surface area contributed by atoms with E-state index in [1.807, 2.05) is 54.1 Å². The van der Waals surface area contributed by atoms with Crippen LogP contribution in [0.5, 0.6) is 5.75 Å². The molecule has 0 radical (unpaired) electrons. The number of aliphatic hydroxyl groups excluding tert-OH is 1. The van der Waals surface area contributed by atoms with E-state index in [0.717, 1.165) is 17.1 Å². The van der Waals surface area contributed by atoms with Gasteiger partial charge in [-0.1, -0.05) is 19.1 Å². The molecule has 3 rings (SSSR count). The average Bonchev–Trinajstić information content (AvgIpc) is 2.80. The second-order valence-electron chi connectivity index (χ2n) is 3.96. The second kappa shape index (κ2) is 3.70. The number of hydrogen-bond acceptors (Lipinski definition) is 2. The predicted molar refractivity (Wildman–Crippen MR) is 66.2 cm³/mol. The molecule has 2 heterocycles. The van der Waals surface area contributed by atoms with Gasteiger partial charge in [-0.2, -0.15) is 0 Å². The number of aromatic nitrogens is 1. The lowest BCUT2D eigenvalue weighted by atomic mass is 10.2. The van der Waals surface area contributed by atoms with E-state index in [2.05, 4.69) is 0 Å². The van der Waals surface area contributed by atoms with Crippen molar-refractivity contribution < 1.29 is 9.84 Å². The zero-order valence-electron chi connectivity index (χ0n) is 9.55. The molecule has 1 aromatic heterocycles. The molecule has 3 heteroatoms. The van der Waals surface area contributed by atoms with Crippen LogP contribution >= 0.6 is 0 Å². The molecule has 86 valence electrons. The highest BCUT2D eigenvalue weighted by molar-refractivity contribution is 5.65. The minimum absolute atomic E-state index is 0.216. The molecular weight excluding hydrogens is 214 g/mol. The van der Waals surface area contributed by atoms with Crippen LogP contribution in [0.1, 0.15) is 19.0 Å². The van der Waals surface area contributed by atoms with Crippen LogP contribution in [-0.4, -0.2) is 9.67 Å². The molecule has 0 saturated carbocycles. The van der Waals surface area contributed by atoms with Crippen LogP contribution < -0.4 is 4.74 Å². The summed E-state index contributed by atoms with van der Waals surface area (Å²) in [6.45, 7) is 1.97.